The van der Waals surface area contributed by atoms with E-state index in [-0.39, 0.29) is 6.54 Å². The quantitative estimate of drug-likeness (QED) is 0.558. The van der Waals surface area contributed by atoms with Crippen molar-refractivity contribution in [1.82, 2.24) is 14.8 Å². The number of esters is 1. The molecule has 0 aliphatic carbocycles. The third-order valence-electron chi connectivity index (χ3n) is 3.12. The van der Waals surface area contributed by atoms with Crippen molar-refractivity contribution in [3.05, 3.63) is 29.6 Å². The number of nitrogens with zero attached hydrogens (tertiary/aromatic N) is 3. The van der Waals surface area contributed by atoms with Crippen molar-refractivity contribution < 1.29 is 19.1 Å². The summed E-state index contributed by atoms with van der Waals surface area (Å²) in [5.74, 6) is -1.50. The van der Waals surface area contributed by atoms with Crippen molar-refractivity contribution in [1.29, 1.82) is 0 Å². The number of pyridine rings is 1. The highest BCUT2D eigenvalue weighted by Crippen LogP contribution is 2.09. The van der Waals surface area contributed by atoms with Crippen LogP contribution in [0.25, 0.3) is 0 Å². The van der Waals surface area contributed by atoms with Crippen molar-refractivity contribution in [3.8, 4) is 0 Å². The van der Waals surface area contributed by atoms with Gasteiger partial charge in [-0.15, -0.1) is 0 Å². The number of hydrogen-bond acceptors (Lipinski definition) is 5. The Labute approximate surface area is 116 Å². The molecule has 1 fully saturated rings. The molecule has 106 valence electrons. The Morgan fingerprint density at radius 2 is 2.05 bits per heavy atom. The molecule has 0 aromatic carbocycles. The Kier molecular flexibility index (Phi) is 3.97. The van der Waals surface area contributed by atoms with E-state index in [1.807, 2.05) is 0 Å². The molecule has 20 heavy (non-hydrogen) atoms. The molecule has 0 spiro atoms. The van der Waals surface area contributed by atoms with Crippen LogP contribution in [0.2, 0.25) is 0 Å². The number of amides is 2. The van der Waals surface area contributed by atoms with Crippen LogP contribution in [0.5, 0.6) is 0 Å². The van der Waals surface area contributed by atoms with Crippen LogP contribution in [0, 0.1) is 0 Å². The molecular weight excluding hydrogens is 262 g/mol. The highest BCUT2D eigenvalue weighted by atomic mass is 16.5. The minimum atomic E-state index is -0.530. The van der Waals surface area contributed by atoms with Crippen LogP contribution in [0.15, 0.2) is 18.3 Å². The zero-order valence-electron chi connectivity index (χ0n) is 11.3. The first-order valence-corrected chi connectivity index (χ1v) is 6.10. The molecule has 0 unspecified atom stereocenters. The average Bonchev–Trinajstić information content (AvgIpc) is 2.48. The van der Waals surface area contributed by atoms with Crippen LogP contribution < -0.4 is 0 Å². The van der Waals surface area contributed by atoms with Crippen LogP contribution in [-0.2, 0) is 20.9 Å². The van der Waals surface area contributed by atoms with Crippen LogP contribution >= 0.6 is 0 Å². The molecule has 1 aliphatic heterocycles. The highest BCUT2D eigenvalue weighted by Gasteiger charge is 2.30. The summed E-state index contributed by atoms with van der Waals surface area (Å²) in [6.45, 7) is 1.23. The number of carbonyl (C=O) groups is 3. The second-order valence-electron chi connectivity index (χ2n) is 4.48. The third kappa shape index (κ3) is 2.76. The van der Waals surface area contributed by atoms with Gasteiger partial charge in [-0.1, -0.05) is 0 Å². The first kappa shape index (κ1) is 14.0. The van der Waals surface area contributed by atoms with Crippen LogP contribution in [-0.4, -0.2) is 59.8 Å². The van der Waals surface area contributed by atoms with Gasteiger partial charge in [0.1, 0.15) is 0 Å². The number of ether oxygens (including phenoxy) is 1. The number of carbonyl (C=O) groups excluding carboxylic acids is 3. The Morgan fingerprint density at radius 1 is 1.30 bits per heavy atom. The van der Waals surface area contributed by atoms with E-state index in [9.17, 15) is 14.4 Å². The van der Waals surface area contributed by atoms with Crippen molar-refractivity contribution in [2.45, 2.75) is 6.54 Å². The van der Waals surface area contributed by atoms with Gasteiger partial charge in [-0.3, -0.25) is 14.6 Å². The Hall–Kier alpha value is -2.44. The molecule has 2 rings (SSSR count). The molecule has 0 bridgehead atoms. The highest BCUT2D eigenvalue weighted by molar-refractivity contribution is 6.35. The van der Waals surface area contributed by atoms with E-state index in [1.165, 1.54) is 23.1 Å². The molecular formula is C13H15N3O4. The number of likely N-dealkylation sites (N-methyl/N-ethyl adjacent to an activating group) is 1. The van der Waals surface area contributed by atoms with Gasteiger partial charge in [-0.25, -0.2) is 4.79 Å². The maximum Gasteiger partial charge on any atom is 0.339 e. The molecule has 2 heterocycles. The molecule has 0 atom stereocenters. The average molecular weight is 277 g/mol. The molecule has 2 amide bonds. The molecule has 1 saturated heterocycles. The number of rotatable bonds is 3. The van der Waals surface area contributed by atoms with E-state index in [0.717, 1.165) is 0 Å². The lowest BCUT2D eigenvalue weighted by molar-refractivity contribution is -0.155. The summed E-state index contributed by atoms with van der Waals surface area (Å²) >= 11 is 0. The second-order valence-corrected chi connectivity index (χ2v) is 4.48. The monoisotopic (exact) mass is 277 g/mol. The number of hydrogen-bond donors (Lipinski definition) is 0. The molecule has 0 saturated carbocycles. The molecule has 0 N–H and O–H groups in total. The zero-order chi connectivity index (χ0) is 14.7. The fourth-order valence-electron chi connectivity index (χ4n) is 1.88. The van der Waals surface area contributed by atoms with Gasteiger partial charge in [0.05, 0.1) is 24.9 Å². The van der Waals surface area contributed by atoms with E-state index in [1.54, 1.807) is 19.2 Å². The fourth-order valence-corrected chi connectivity index (χ4v) is 1.88. The molecule has 1 aromatic rings. The normalized spacial score (nSPS) is 15.5. The zero-order valence-corrected chi connectivity index (χ0v) is 11.3. The smallest absolute Gasteiger partial charge is 0.339 e. The van der Waals surface area contributed by atoms with Gasteiger partial charge in [0.2, 0.25) is 0 Å². The standard InChI is InChI=1S/C13H15N3O4/c1-15-5-6-16(12(18)11(15)17)8-10-4-3-9(7-14-10)13(19)20-2/h3-4,7H,5-6,8H2,1-2H3. The van der Waals surface area contributed by atoms with E-state index < -0.39 is 17.8 Å². The second kappa shape index (κ2) is 5.68. The van der Waals surface area contributed by atoms with Gasteiger partial charge in [0.15, 0.2) is 0 Å². The van der Waals surface area contributed by atoms with Gasteiger partial charge in [-0.05, 0) is 12.1 Å². The minimum absolute atomic E-state index is 0.250. The predicted molar refractivity (Wildman–Crippen MR) is 68.6 cm³/mol. The molecule has 7 heteroatoms. The topological polar surface area (TPSA) is 79.8 Å². The Balaban J connectivity index is 2.05. The van der Waals surface area contributed by atoms with E-state index in [0.29, 0.717) is 24.3 Å². The Morgan fingerprint density at radius 3 is 2.65 bits per heavy atom. The lowest BCUT2D eigenvalue weighted by Crippen LogP contribution is -2.52. The van der Waals surface area contributed by atoms with Crippen LogP contribution in [0.4, 0.5) is 0 Å². The number of piperazine rings is 1. The minimum Gasteiger partial charge on any atom is -0.465 e. The summed E-state index contributed by atoms with van der Waals surface area (Å²) in [7, 11) is 2.89. The molecule has 1 aromatic heterocycles. The van der Waals surface area contributed by atoms with E-state index in [4.69, 9.17) is 0 Å². The number of methoxy groups -OCH3 is 1. The third-order valence-corrected chi connectivity index (χ3v) is 3.12. The number of aromatic nitrogens is 1. The first-order chi connectivity index (χ1) is 9.52. The van der Waals surface area contributed by atoms with Crippen molar-refractivity contribution >= 4 is 17.8 Å². The summed E-state index contributed by atoms with van der Waals surface area (Å²) in [6.07, 6.45) is 1.39. The summed E-state index contributed by atoms with van der Waals surface area (Å²) < 4.78 is 4.58. The van der Waals surface area contributed by atoms with Gasteiger partial charge < -0.3 is 14.5 Å². The SMILES string of the molecule is COC(=O)c1ccc(CN2CCN(C)C(=O)C2=O)nc1. The van der Waals surface area contributed by atoms with Gasteiger partial charge in [-0.2, -0.15) is 0 Å². The van der Waals surface area contributed by atoms with Crippen molar-refractivity contribution in [2.24, 2.45) is 0 Å². The fraction of sp³-hybridized carbons (Fsp3) is 0.385. The van der Waals surface area contributed by atoms with Gasteiger partial charge >= 0.3 is 17.8 Å². The lowest BCUT2D eigenvalue weighted by atomic mass is 10.2. The van der Waals surface area contributed by atoms with Crippen molar-refractivity contribution in [3.63, 3.8) is 0 Å². The summed E-state index contributed by atoms with van der Waals surface area (Å²) in [4.78, 5) is 41.6. The van der Waals surface area contributed by atoms with Crippen molar-refractivity contribution in [2.75, 3.05) is 27.2 Å². The van der Waals surface area contributed by atoms with Crippen LogP contribution in [0.1, 0.15) is 16.1 Å². The lowest BCUT2D eigenvalue weighted by Gasteiger charge is -2.31. The predicted octanol–water partition coefficient (Wildman–Crippen LogP) is -0.331. The maximum atomic E-state index is 11.8. The first-order valence-electron chi connectivity index (χ1n) is 6.10. The van der Waals surface area contributed by atoms with Gasteiger partial charge in [0, 0.05) is 26.3 Å². The van der Waals surface area contributed by atoms with E-state index >= 15 is 0 Å². The summed E-state index contributed by atoms with van der Waals surface area (Å²) in [5.41, 5.74) is 0.959. The Bertz CT molecular complexity index is 541. The summed E-state index contributed by atoms with van der Waals surface area (Å²) in [5, 5.41) is 0. The maximum absolute atomic E-state index is 11.8. The molecule has 1 aliphatic rings. The molecule has 7 nitrogen and oxygen atoms in total. The summed E-state index contributed by atoms with van der Waals surface area (Å²) in [6, 6.07) is 3.22. The van der Waals surface area contributed by atoms with Crippen LogP contribution in [0.3, 0.4) is 0 Å². The molecule has 0 radical (unpaired) electrons. The largest absolute Gasteiger partial charge is 0.465 e. The van der Waals surface area contributed by atoms with Gasteiger partial charge in [0.25, 0.3) is 0 Å². The van der Waals surface area contributed by atoms with E-state index in [2.05, 4.69) is 9.72 Å².